The molecular formula is C20H19ClN2O3S2. The number of sulfone groups is 1. The number of hydrogen-bond acceptors (Lipinski definition) is 4. The molecule has 1 aromatic heterocycles. The van der Waals surface area contributed by atoms with Gasteiger partial charge in [-0.05, 0) is 50.2 Å². The first-order valence-electron chi connectivity index (χ1n) is 8.57. The molecule has 28 heavy (non-hydrogen) atoms. The third-order valence-corrected chi connectivity index (χ3v) is 7.61. The van der Waals surface area contributed by atoms with E-state index in [9.17, 15) is 13.2 Å². The van der Waals surface area contributed by atoms with Gasteiger partial charge in [0.1, 0.15) is 0 Å². The summed E-state index contributed by atoms with van der Waals surface area (Å²) in [7, 11) is -3.47. The van der Waals surface area contributed by atoms with Crippen molar-refractivity contribution in [1.29, 1.82) is 0 Å². The van der Waals surface area contributed by atoms with E-state index < -0.39 is 21.0 Å². The molecule has 1 amide bonds. The highest BCUT2D eigenvalue weighted by molar-refractivity contribution is 7.92. The van der Waals surface area contributed by atoms with Gasteiger partial charge in [-0.3, -0.25) is 4.79 Å². The number of fused-ring (bicyclic) bond motifs is 1. The lowest BCUT2D eigenvalue weighted by Gasteiger charge is -2.08. The van der Waals surface area contributed by atoms with Crippen molar-refractivity contribution in [2.75, 3.05) is 0 Å². The van der Waals surface area contributed by atoms with Crippen LogP contribution < -0.4 is 4.80 Å². The maximum absolute atomic E-state index is 12.7. The number of allylic oxidation sites excluding steroid dienone is 1. The molecule has 0 aliphatic rings. The molecule has 0 saturated heterocycles. The van der Waals surface area contributed by atoms with Crippen LogP contribution in [0.3, 0.4) is 0 Å². The Labute approximate surface area is 172 Å². The summed E-state index contributed by atoms with van der Waals surface area (Å²) in [5.74, 6) is -0.503. The monoisotopic (exact) mass is 434 g/mol. The summed E-state index contributed by atoms with van der Waals surface area (Å²) in [5, 5.41) is 0.0286. The number of amides is 1. The van der Waals surface area contributed by atoms with Crippen molar-refractivity contribution in [1.82, 2.24) is 4.57 Å². The first kappa shape index (κ1) is 20.5. The van der Waals surface area contributed by atoms with Gasteiger partial charge >= 0.3 is 0 Å². The third-order valence-electron chi connectivity index (χ3n) is 4.18. The van der Waals surface area contributed by atoms with Crippen LogP contribution in [0.5, 0.6) is 0 Å². The maximum atomic E-state index is 12.7. The van der Waals surface area contributed by atoms with E-state index >= 15 is 0 Å². The van der Waals surface area contributed by atoms with Crippen molar-refractivity contribution < 1.29 is 13.2 Å². The lowest BCUT2D eigenvalue weighted by Crippen LogP contribution is -2.17. The molecule has 0 aliphatic carbocycles. The van der Waals surface area contributed by atoms with Crippen molar-refractivity contribution in [2.45, 2.75) is 30.5 Å². The number of aromatic nitrogens is 1. The Hall–Kier alpha value is -2.22. The standard InChI is InChI=1S/C20H19ClN2O3S2/c1-4-10-23-17-9-8-15(21)12-18(17)27-20(23)22-19(24)14-6-5-7-16(11-14)28(25,26)13(2)3/h4-9,11-13H,1,10H2,2-3H3. The van der Waals surface area contributed by atoms with E-state index in [1.165, 1.54) is 23.5 Å². The molecule has 1 heterocycles. The molecule has 2 aromatic carbocycles. The van der Waals surface area contributed by atoms with Crippen LogP contribution in [-0.4, -0.2) is 24.1 Å². The molecule has 0 spiro atoms. The second-order valence-corrected chi connectivity index (χ2v) is 10.4. The molecule has 0 N–H and O–H groups in total. The van der Waals surface area contributed by atoms with Gasteiger partial charge < -0.3 is 4.57 Å². The number of rotatable bonds is 5. The van der Waals surface area contributed by atoms with Crippen LogP contribution in [0.4, 0.5) is 0 Å². The molecule has 3 aromatic rings. The van der Waals surface area contributed by atoms with Crippen LogP contribution in [0.2, 0.25) is 5.02 Å². The Morgan fingerprint density at radius 1 is 1.29 bits per heavy atom. The molecule has 0 atom stereocenters. The number of nitrogens with zero attached hydrogens (tertiary/aromatic N) is 2. The minimum atomic E-state index is -3.47. The second-order valence-electron chi connectivity index (χ2n) is 6.43. The molecule has 8 heteroatoms. The fourth-order valence-corrected chi connectivity index (χ4v) is 5.09. The Morgan fingerprint density at radius 3 is 2.71 bits per heavy atom. The predicted octanol–water partition coefficient (Wildman–Crippen LogP) is 4.47. The first-order valence-corrected chi connectivity index (χ1v) is 11.3. The lowest BCUT2D eigenvalue weighted by molar-refractivity contribution is 0.0997. The molecule has 0 radical (unpaired) electrons. The molecule has 5 nitrogen and oxygen atoms in total. The first-order chi connectivity index (χ1) is 13.2. The van der Waals surface area contributed by atoms with E-state index in [0.717, 1.165) is 10.2 Å². The Kier molecular flexibility index (Phi) is 5.88. The average Bonchev–Trinajstić information content (AvgIpc) is 2.98. The molecule has 0 saturated carbocycles. The van der Waals surface area contributed by atoms with Crippen LogP contribution in [0.1, 0.15) is 24.2 Å². The van der Waals surface area contributed by atoms with Gasteiger partial charge in [0, 0.05) is 17.1 Å². The normalized spacial score (nSPS) is 12.6. The smallest absolute Gasteiger partial charge is 0.279 e. The Balaban J connectivity index is 2.11. The fraction of sp³-hybridized carbons (Fsp3) is 0.200. The molecule has 0 bridgehead atoms. The zero-order valence-corrected chi connectivity index (χ0v) is 17.8. The predicted molar refractivity (Wildman–Crippen MR) is 114 cm³/mol. The quantitative estimate of drug-likeness (QED) is 0.556. The zero-order valence-electron chi connectivity index (χ0n) is 15.4. The van der Waals surface area contributed by atoms with Crippen molar-refractivity contribution in [2.24, 2.45) is 4.99 Å². The average molecular weight is 435 g/mol. The van der Waals surface area contributed by atoms with Crippen LogP contribution >= 0.6 is 22.9 Å². The van der Waals surface area contributed by atoms with Gasteiger partial charge in [0.25, 0.3) is 5.91 Å². The summed E-state index contributed by atoms with van der Waals surface area (Å²) < 4.78 is 27.5. The second kappa shape index (κ2) is 8.03. The van der Waals surface area contributed by atoms with Gasteiger partial charge in [-0.1, -0.05) is 35.1 Å². The summed E-state index contributed by atoms with van der Waals surface area (Å²) in [5.41, 5.74) is 1.12. The van der Waals surface area contributed by atoms with Gasteiger partial charge in [-0.15, -0.1) is 6.58 Å². The van der Waals surface area contributed by atoms with Gasteiger partial charge in [0.05, 0.1) is 20.4 Å². The Bertz CT molecular complexity index is 1240. The van der Waals surface area contributed by atoms with Crippen LogP contribution in [0.15, 0.2) is 65.0 Å². The highest BCUT2D eigenvalue weighted by atomic mass is 35.5. The molecule has 0 unspecified atom stereocenters. The summed E-state index contributed by atoms with van der Waals surface area (Å²) in [6.45, 7) is 7.45. The largest absolute Gasteiger partial charge is 0.312 e. The van der Waals surface area contributed by atoms with E-state index in [0.29, 0.717) is 16.4 Å². The van der Waals surface area contributed by atoms with Crippen molar-refractivity contribution in [3.8, 4) is 0 Å². The third kappa shape index (κ3) is 3.97. The van der Waals surface area contributed by atoms with Crippen LogP contribution in [0.25, 0.3) is 10.2 Å². The molecular weight excluding hydrogens is 416 g/mol. The number of hydrogen-bond donors (Lipinski definition) is 0. The van der Waals surface area contributed by atoms with Crippen molar-refractivity contribution >= 4 is 48.9 Å². The van der Waals surface area contributed by atoms with Crippen LogP contribution in [-0.2, 0) is 16.4 Å². The summed E-state index contributed by atoms with van der Waals surface area (Å²) in [4.78, 5) is 17.6. The number of thiazole rings is 1. The van der Waals surface area contributed by atoms with E-state index in [1.54, 1.807) is 38.1 Å². The van der Waals surface area contributed by atoms with E-state index in [2.05, 4.69) is 11.6 Å². The summed E-state index contributed by atoms with van der Waals surface area (Å²) in [6, 6.07) is 11.5. The van der Waals surface area contributed by atoms with Gasteiger partial charge in [0.2, 0.25) is 0 Å². The summed E-state index contributed by atoms with van der Waals surface area (Å²) >= 11 is 7.41. The molecule has 0 fully saturated rings. The van der Waals surface area contributed by atoms with Gasteiger partial charge in [-0.25, -0.2) is 8.42 Å². The minimum Gasteiger partial charge on any atom is -0.312 e. The van der Waals surface area contributed by atoms with E-state index in [-0.39, 0.29) is 10.5 Å². The lowest BCUT2D eigenvalue weighted by atomic mass is 10.2. The Morgan fingerprint density at radius 2 is 2.04 bits per heavy atom. The zero-order chi connectivity index (χ0) is 20.5. The SMILES string of the molecule is C=CCn1c(=NC(=O)c2cccc(S(=O)(=O)C(C)C)c2)sc2cc(Cl)ccc21. The minimum absolute atomic E-state index is 0.116. The van der Waals surface area contributed by atoms with E-state index in [1.807, 2.05) is 16.7 Å². The van der Waals surface area contributed by atoms with Crippen LogP contribution in [0, 0.1) is 0 Å². The number of halogens is 1. The number of carbonyl (C=O) groups excluding carboxylic acids is 1. The maximum Gasteiger partial charge on any atom is 0.279 e. The molecule has 146 valence electrons. The molecule has 3 rings (SSSR count). The summed E-state index contributed by atoms with van der Waals surface area (Å²) in [6.07, 6.45) is 1.72. The number of benzene rings is 2. The highest BCUT2D eigenvalue weighted by Gasteiger charge is 2.20. The van der Waals surface area contributed by atoms with E-state index in [4.69, 9.17) is 11.6 Å². The van der Waals surface area contributed by atoms with Gasteiger partial charge in [0.15, 0.2) is 14.6 Å². The topological polar surface area (TPSA) is 68.5 Å². The highest BCUT2D eigenvalue weighted by Crippen LogP contribution is 2.22. The van der Waals surface area contributed by atoms with Gasteiger partial charge in [-0.2, -0.15) is 4.99 Å². The van der Waals surface area contributed by atoms with Crippen molar-refractivity contribution in [3.05, 3.63) is 70.5 Å². The fourth-order valence-electron chi connectivity index (χ4n) is 2.67. The number of carbonyl (C=O) groups is 1. The molecule has 0 aliphatic heterocycles. The van der Waals surface area contributed by atoms with Crippen molar-refractivity contribution in [3.63, 3.8) is 0 Å².